The number of rotatable bonds is 8. The quantitative estimate of drug-likeness (QED) is 0.244. The molecule has 4 fully saturated rings. The number of aliphatic hydroxyl groups is 5. The van der Waals surface area contributed by atoms with Crippen molar-refractivity contribution in [2.24, 2.45) is 46.3 Å². The minimum atomic E-state index is -4.66. The second kappa shape index (κ2) is 10.2. The molecular formula is C28H50O9S. The van der Waals surface area contributed by atoms with E-state index in [-0.39, 0.29) is 47.3 Å². The van der Waals surface area contributed by atoms with Gasteiger partial charge in [-0.05, 0) is 92.3 Å². The van der Waals surface area contributed by atoms with Crippen LogP contribution in [0.4, 0.5) is 0 Å². The maximum Gasteiger partial charge on any atom is 0.397 e. The highest BCUT2D eigenvalue weighted by Crippen LogP contribution is 2.69. The molecule has 0 aromatic carbocycles. The maximum atomic E-state index is 11.7. The molecule has 0 bridgehead atoms. The number of aliphatic hydroxyl groups excluding tert-OH is 3. The van der Waals surface area contributed by atoms with Gasteiger partial charge in [0.15, 0.2) is 0 Å². The Balaban J connectivity index is 1.52. The van der Waals surface area contributed by atoms with Crippen molar-refractivity contribution in [1.29, 1.82) is 0 Å². The van der Waals surface area contributed by atoms with E-state index in [2.05, 4.69) is 25.0 Å². The molecule has 0 aromatic heterocycles. The van der Waals surface area contributed by atoms with E-state index in [4.69, 9.17) is 4.55 Å². The van der Waals surface area contributed by atoms with Crippen LogP contribution in [0.1, 0.15) is 92.4 Å². The Labute approximate surface area is 227 Å². The Morgan fingerprint density at radius 2 is 1.71 bits per heavy atom. The molecule has 4 rings (SSSR count). The number of fused-ring (bicyclic) bond motifs is 5. The van der Waals surface area contributed by atoms with Crippen LogP contribution < -0.4 is 0 Å². The third kappa shape index (κ3) is 4.99. The molecule has 4 aliphatic carbocycles. The molecule has 12 atom stereocenters. The van der Waals surface area contributed by atoms with Crippen LogP contribution in [-0.4, -0.2) is 74.6 Å². The largest absolute Gasteiger partial charge is 0.397 e. The summed E-state index contributed by atoms with van der Waals surface area (Å²) in [6.07, 6.45) is 3.12. The molecule has 9 nitrogen and oxygen atoms in total. The average molecular weight is 563 g/mol. The number of hydrogen-bond donors (Lipinski definition) is 6. The SMILES string of the molecule is CC(C)[C@](O)(CC[C@@H](C)[C@H]1CC(O)C2C3C[C@@H](O)[C@@]4(O)C[C@@H](O)CC[C@]4(C)C3CC[C@@]21C)COS(=O)(=O)O. The van der Waals surface area contributed by atoms with Gasteiger partial charge in [0, 0.05) is 11.8 Å². The van der Waals surface area contributed by atoms with Gasteiger partial charge in [-0.1, -0.05) is 34.6 Å². The lowest BCUT2D eigenvalue weighted by atomic mass is 9.42. The Morgan fingerprint density at radius 1 is 1.05 bits per heavy atom. The van der Waals surface area contributed by atoms with Gasteiger partial charge in [-0.2, -0.15) is 8.42 Å². The van der Waals surface area contributed by atoms with Crippen LogP contribution in [0.25, 0.3) is 0 Å². The third-order valence-electron chi connectivity index (χ3n) is 12.1. The van der Waals surface area contributed by atoms with E-state index in [1.165, 1.54) is 0 Å². The Bertz CT molecular complexity index is 973. The first-order chi connectivity index (χ1) is 17.4. The molecule has 10 heteroatoms. The fourth-order valence-corrected chi connectivity index (χ4v) is 9.99. The molecule has 4 unspecified atom stereocenters. The molecule has 0 radical (unpaired) electrons. The van der Waals surface area contributed by atoms with Crippen LogP contribution in [-0.2, 0) is 14.6 Å². The summed E-state index contributed by atoms with van der Waals surface area (Å²) < 4.78 is 35.8. The Kier molecular flexibility index (Phi) is 8.21. The lowest BCUT2D eigenvalue weighted by Crippen LogP contribution is -2.69. The van der Waals surface area contributed by atoms with Crippen molar-refractivity contribution < 1.29 is 42.7 Å². The van der Waals surface area contributed by atoms with E-state index >= 15 is 0 Å². The lowest BCUT2D eigenvalue weighted by molar-refractivity contribution is -0.268. The minimum absolute atomic E-state index is 0.0107. The smallest absolute Gasteiger partial charge is 0.393 e. The highest BCUT2D eigenvalue weighted by Gasteiger charge is 2.68. The van der Waals surface area contributed by atoms with Crippen molar-refractivity contribution >= 4 is 10.4 Å². The van der Waals surface area contributed by atoms with Gasteiger partial charge in [0.25, 0.3) is 0 Å². The summed E-state index contributed by atoms with van der Waals surface area (Å²) in [7, 11) is -4.66. The van der Waals surface area contributed by atoms with E-state index in [0.717, 1.165) is 12.8 Å². The van der Waals surface area contributed by atoms with Gasteiger partial charge < -0.3 is 25.5 Å². The highest BCUT2D eigenvalue weighted by atomic mass is 32.3. The monoisotopic (exact) mass is 562 g/mol. The van der Waals surface area contributed by atoms with Crippen molar-refractivity contribution in [2.45, 2.75) is 122 Å². The van der Waals surface area contributed by atoms with Gasteiger partial charge >= 0.3 is 10.4 Å². The van der Waals surface area contributed by atoms with Gasteiger partial charge in [0.2, 0.25) is 0 Å². The maximum absolute atomic E-state index is 11.7. The van der Waals surface area contributed by atoms with E-state index in [0.29, 0.717) is 38.5 Å². The first-order valence-corrected chi connectivity index (χ1v) is 15.9. The standard InChI is InChI=1S/C28H50O9S/c1-16(2)27(32,15-37-38(34,35)36)11-6-17(3)21-13-22(30)24-19-12-23(31)28(33)14-18(29)7-10-26(28,5)20(19)8-9-25(21,24)4/h16-24,29-33H,6-15H2,1-5H3,(H,34,35,36)/t17-,18+,19?,20?,21-,22?,23-,24?,25-,26-,27+,28+/m1/s1. The summed E-state index contributed by atoms with van der Waals surface area (Å²) in [6, 6.07) is 0. The van der Waals surface area contributed by atoms with Crippen LogP contribution in [0.2, 0.25) is 0 Å². The first kappa shape index (κ1) is 30.6. The number of hydrogen-bond acceptors (Lipinski definition) is 8. The minimum Gasteiger partial charge on any atom is -0.393 e. The van der Waals surface area contributed by atoms with Crippen molar-refractivity contribution in [3.05, 3.63) is 0 Å². The zero-order valence-electron chi connectivity index (χ0n) is 23.6. The molecule has 0 spiro atoms. The predicted octanol–water partition coefficient (Wildman–Crippen LogP) is 2.69. The lowest BCUT2D eigenvalue weighted by Gasteiger charge is -2.65. The average Bonchev–Trinajstić information content (AvgIpc) is 3.08. The summed E-state index contributed by atoms with van der Waals surface area (Å²) in [6.45, 7) is 9.51. The van der Waals surface area contributed by atoms with E-state index in [1.807, 2.05) is 0 Å². The van der Waals surface area contributed by atoms with Crippen LogP contribution in [0.5, 0.6) is 0 Å². The van der Waals surface area contributed by atoms with Gasteiger partial charge in [-0.15, -0.1) is 0 Å². The zero-order valence-corrected chi connectivity index (χ0v) is 24.4. The Hall–Kier alpha value is -0.330. The van der Waals surface area contributed by atoms with Crippen LogP contribution in [0.15, 0.2) is 0 Å². The van der Waals surface area contributed by atoms with Crippen molar-refractivity contribution in [2.75, 3.05) is 6.61 Å². The molecule has 6 N–H and O–H groups in total. The topological polar surface area (TPSA) is 165 Å². The fourth-order valence-electron chi connectivity index (χ4n) is 9.64. The van der Waals surface area contributed by atoms with Gasteiger partial charge in [0.05, 0.1) is 36.1 Å². The van der Waals surface area contributed by atoms with Crippen LogP contribution >= 0.6 is 0 Å². The molecule has 0 saturated heterocycles. The molecule has 4 saturated carbocycles. The molecule has 4 aliphatic rings. The highest BCUT2D eigenvalue weighted by molar-refractivity contribution is 7.80. The van der Waals surface area contributed by atoms with E-state index in [1.54, 1.807) is 13.8 Å². The van der Waals surface area contributed by atoms with E-state index in [9.17, 15) is 34.0 Å². The third-order valence-corrected chi connectivity index (χ3v) is 12.6. The fraction of sp³-hybridized carbons (Fsp3) is 1.00. The van der Waals surface area contributed by atoms with Gasteiger partial charge in [-0.25, -0.2) is 4.18 Å². The first-order valence-electron chi connectivity index (χ1n) is 14.5. The molecule has 38 heavy (non-hydrogen) atoms. The summed E-state index contributed by atoms with van der Waals surface area (Å²) >= 11 is 0. The summed E-state index contributed by atoms with van der Waals surface area (Å²) in [5.41, 5.74) is -3.42. The molecule has 222 valence electrons. The van der Waals surface area contributed by atoms with Crippen LogP contribution in [0, 0.1) is 46.3 Å². The van der Waals surface area contributed by atoms with E-state index < -0.39 is 51.9 Å². The molecule has 0 amide bonds. The Morgan fingerprint density at radius 3 is 2.32 bits per heavy atom. The zero-order chi connectivity index (χ0) is 28.5. The van der Waals surface area contributed by atoms with Crippen molar-refractivity contribution in [1.82, 2.24) is 0 Å². The van der Waals surface area contributed by atoms with Gasteiger partial charge in [-0.3, -0.25) is 4.55 Å². The molecule has 0 aromatic rings. The second-order valence-electron chi connectivity index (χ2n) is 14.2. The molecular weight excluding hydrogens is 512 g/mol. The predicted molar refractivity (Wildman–Crippen MR) is 141 cm³/mol. The van der Waals surface area contributed by atoms with Crippen molar-refractivity contribution in [3.8, 4) is 0 Å². The second-order valence-corrected chi connectivity index (χ2v) is 15.3. The molecule has 0 heterocycles. The molecule has 0 aliphatic heterocycles. The van der Waals surface area contributed by atoms with Gasteiger partial charge in [0.1, 0.15) is 0 Å². The summed E-state index contributed by atoms with van der Waals surface area (Å²) in [5, 5.41) is 55.8. The van der Waals surface area contributed by atoms with Crippen LogP contribution in [0.3, 0.4) is 0 Å². The van der Waals surface area contributed by atoms with Crippen molar-refractivity contribution in [3.63, 3.8) is 0 Å². The summed E-state index contributed by atoms with van der Waals surface area (Å²) in [4.78, 5) is 0. The summed E-state index contributed by atoms with van der Waals surface area (Å²) in [5.74, 6) is 0.255. The normalized spacial score (nSPS) is 47.6.